The first-order valence-corrected chi connectivity index (χ1v) is 34.0. The van der Waals surface area contributed by atoms with Crippen LogP contribution in [0.2, 0.25) is 0 Å². The van der Waals surface area contributed by atoms with Crippen molar-refractivity contribution >= 4 is 11.9 Å². The number of hydrogen-bond donors (Lipinski definition) is 3. The van der Waals surface area contributed by atoms with Gasteiger partial charge in [-0.2, -0.15) is 0 Å². The molecule has 2 atom stereocenters. The van der Waals surface area contributed by atoms with Gasteiger partial charge in [-0.3, -0.25) is 9.59 Å². The van der Waals surface area contributed by atoms with Gasteiger partial charge in [0.15, 0.2) is 0 Å². The first kappa shape index (κ1) is 72.6. The van der Waals surface area contributed by atoms with Gasteiger partial charge in [0.1, 0.15) is 0 Å². The lowest BCUT2D eigenvalue weighted by molar-refractivity contribution is -0.143. The number of rotatable bonds is 64. The van der Waals surface area contributed by atoms with Crippen molar-refractivity contribution in [3.8, 4) is 0 Å². The van der Waals surface area contributed by atoms with Crippen molar-refractivity contribution in [2.24, 2.45) is 0 Å². The van der Waals surface area contributed by atoms with E-state index in [1.807, 2.05) is 6.08 Å². The molecule has 0 bridgehead atoms. The fraction of sp³-hybridized carbons (Fsp3) is 0.941. The molecule has 3 N–H and O–H groups in total. The molecular weight excluding hydrogens is 911 g/mol. The van der Waals surface area contributed by atoms with E-state index in [1.165, 1.54) is 315 Å². The van der Waals surface area contributed by atoms with E-state index in [1.54, 1.807) is 6.08 Å². The molecule has 1 amide bonds. The number of amides is 1. The number of nitrogens with one attached hydrogen (secondary N) is 1. The van der Waals surface area contributed by atoms with Crippen LogP contribution in [-0.2, 0) is 14.3 Å². The second-order valence-corrected chi connectivity index (χ2v) is 23.5. The molecule has 0 rings (SSSR count). The van der Waals surface area contributed by atoms with E-state index in [-0.39, 0.29) is 18.5 Å². The number of aliphatic hydroxyl groups excluding tert-OH is 2. The van der Waals surface area contributed by atoms with E-state index in [2.05, 4.69) is 19.2 Å². The van der Waals surface area contributed by atoms with Gasteiger partial charge in [-0.1, -0.05) is 353 Å². The lowest BCUT2D eigenvalue weighted by Gasteiger charge is -2.20. The van der Waals surface area contributed by atoms with Gasteiger partial charge in [0.25, 0.3) is 0 Å². The smallest absolute Gasteiger partial charge is 0.305 e. The zero-order valence-corrected chi connectivity index (χ0v) is 50.4. The van der Waals surface area contributed by atoms with Crippen LogP contribution in [0.5, 0.6) is 0 Å². The summed E-state index contributed by atoms with van der Waals surface area (Å²) in [4.78, 5) is 24.6. The minimum absolute atomic E-state index is 0.00788. The van der Waals surface area contributed by atoms with E-state index in [0.717, 1.165) is 44.9 Å². The normalized spacial score (nSPS) is 12.5. The molecule has 440 valence electrons. The molecule has 0 aromatic rings. The summed E-state index contributed by atoms with van der Waals surface area (Å²) in [6.07, 6.45) is 78.4. The second-order valence-electron chi connectivity index (χ2n) is 23.5. The Morgan fingerprint density at radius 3 is 0.919 bits per heavy atom. The Hall–Kier alpha value is -1.40. The first-order valence-electron chi connectivity index (χ1n) is 34.0. The number of hydrogen-bond acceptors (Lipinski definition) is 5. The fourth-order valence-electron chi connectivity index (χ4n) is 10.9. The molecule has 0 aromatic heterocycles. The summed E-state index contributed by atoms with van der Waals surface area (Å²) in [6.45, 7) is 4.94. The lowest BCUT2D eigenvalue weighted by Crippen LogP contribution is -2.45. The van der Waals surface area contributed by atoms with Crippen LogP contribution < -0.4 is 5.32 Å². The first-order chi connectivity index (χ1) is 36.5. The lowest BCUT2D eigenvalue weighted by atomic mass is 10.0. The maximum absolute atomic E-state index is 12.5. The van der Waals surface area contributed by atoms with Crippen LogP contribution in [0.1, 0.15) is 386 Å². The summed E-state index contributed by atoms with van der Waals surface area (Å²) >= 11 is 0. The topological polar surface area (TPSA) is 95.9 Å². The highest BCUT2D eigenvalue weighted by atomic mass is 16.5. The number of carbonyl (C=O) groups excluding carboxylic acids is 2. The molecule has 2 unspecified atom stereocenters. The molecule has 74 heavy (non-hydrogen) atoms. The van der Waals surface area contributed by atoms with Crippen molar-refractivity contribution in [1.82, 2.24) is 5.32 Å². The number of allylic oxidation sites excluding steroid dienone is 1. The average molecular weight is 1040 g/mol. The predicted molar refractivity (Wildman–Crippen MR) is 324 cm³/mol. The highest BCUT2D eigenvalue weighted by molar-refractivity contribution is 5.76. The molecule has 0 heterocycles. The average Bonchev–Trinajstić information content (AvgIpc) is 3.40. The summed E-state index contributed by atoms with van der Waals surface area (Å²) in [5.74, 6) is -0.0620. The quantitative estimate of drug-likeness (QED) is 0.0320. The maximum atomic E-state index is 12.5. The Morgan fingerprint density at radius 2 is 0.622 bits per heavy atom. The van der Waals surface area contributed by atoms with E-state index in [0.29, 0.717) is 19.4 Å². The van der Waals surface area contributed by atoms with Gasteiger partial charge >= 0.3 is 5.97 Å². The van der Waals surface area contributed by atoms with Crippen LogP contribution in [0.3, 0.4) is 0 Å². The molecule has 0 aliphatic carbocycles. The highest BCUT2D eigenvalue weighted by Crippen LogP contribution is 2.19. The van der Waals surface area contributed by atoms with Gasteiger partial charge in [-0.15, -0.1) is 0 Å². The predicted octanol–water partition coefficient (Wildman–Crippen LogP) is 21.6. The molecule has 0 aliphatic rings. The van der Waals surface area contributed by atoms with Gasteiger partial charge in [-0.05, 0) is 32.1 Å². The second kappa shape index (κ2) is 64.1. The van der Waals surface area contributed by atoms with Gasteiger partial charge < -0.3 is 20.3 Å². The molecule has 0 spiro atoms. The number of aliphatic hydroxyl groups is 2. The van der Waals surface area contributed by atoms with E-state index < -0.39 is 12.1 Å². The third-order valence-electron chi connectivity index (χ3n) is 16.1. The van der Waals surface area contributed by atoms with Crippen molar-refractivity contribution in [2.75, 3.05) is 13.2 Å². The van der Waals surface area contributed by atoms with E-state index in [9.17, 15) is 19.8 Å². The molecule has 0 saturated carbocycles. The van der Waals surface area contributed by atoms with Gasteiger partial charge in [0.2, 0.25) is 5.91 Å². The van der Waals surface area contributed by atoms with Crippen LogP contribution in [0.4, 0.5) is 0 Å². The van der Waals surface area contributed by atoms with Gasteiger partial charge in [-0.25, -0.2) is 0 Å². The number of unbranched alkanes of at least 4 members (excludes halogenated alkanes) is 53. The number of ether oxygens (including phenoxy) is 1. The van der Waals surface area contributed by atoms with Gasteiger partial charge in [0, 0.05) is 12.8 Å². The molecule has 0 aromatic carbocycles. The van der Waals surface area contributed by atoms with Gasteiger partial charge in [0.05, 0.1) is 25.4 Å². The van der Waals surface area contributed by atoms with Crippen LogP contribution >= 0.6 is 0 Å². The highest BCUT2D eigenvalue weighted by Gasteiger charge is 2.18. The third kappa shape index (κ3) is 59.8. The Morgan fingerprint density at radius 1 is 0.365 bits per heavy atom. The Bertz CT molecular complexity index is 1110. The minimum atomic E-state index is -0.850. The van der Waals surface area contributed by atoms with Crippen molar-refractivity contribution < 1.29 is 24.5 Å². The molecule has 6 nitrogen and oxygen atoms in total. The summed E-state index contributed by atoms with van der Waals surface area (Å²) in [6, 6.07) is -0.634. The zero-order valence-electron chi connectivity index (χ0n) is 50.4. The molecular formula is C68H133NO5. The summed E-state index contributed by atoms with van der Waals surface area (Å²) in [5, 5.41) is 23.2. The van der Waals surface area contributed by atoms with Crippen molar-refractivity contribution in [2.45, 2.75) is 398 Å². The zero-order chi connectivity index (χ0) is 53.6. The van der Waals surface area contributed by atoms with Crippen molar-refractivity contribution in [3.05, 3.63) is 12.2 Å². The Labute approximate surface area is 463 Å². The number of carbonyl (C=O) groups is 2. The monoisotopic (exact) mass is 1040 g/mol. The van der Waals surface area contributed by atoms with Crippen LogP contribution in [0, 0.1) is 0 Å². The minimum Gasteiger partial charge on any atom is -0.466 e. The molecule has 0 saturated heterocycles. The van der Waals surface area contributed by atoms with Crippen molar-refractivity contribution in [1.29, 1.82) is 0 Å². The van der Waals surface area contributed by atoms with Crippen LogP contribution in [0.15, 0.2) is 12.2 Å². The van der Waals surface area contributed by atoms with Crippen LogP contribution in [-0.4, -0.2) is 47.4 Å². The maximum Gasteiger partial charge on any atom is 0.305 e. The SMILES string of the molecule is CCCCCCCCCCCCCCCCCCCCCCC/C=C/C(O)C(CO)NC(=O)CCCCCCCCCCCCCCCCCCOC(=O)CCCCCCCCCCCCCCCCCCCC. The Balaban J connectivity index is 3.42. The molecule has 0 radical (unpaired) electrons. The van der Waals surface area contributed by atoms with Crippen molar-refractivity contribution in [3.63, 3.8) is 0 Å². The number of esters is 1. The van der Waals surface area contributed by atoms with E-state index in [4.69, 9.17) is 4.74 Å². The summed E-state index contributed by atoms with van der Waals surface area (Å²) in [7, 11) is 0. The fourth-order valence-corrected chi connectivity index (χ4v) is 10.9. The molecule has 6 heteroatoms. The van der Waals surface area contributed by atoms with Crippen LogP contribution in [0.25, 0.3) is 0 Å². The third-order valence-corrected chi connectivity index (χ3v) is 16.1. The summed E-state index contributed by atoms with van der Waals surface area (Å²) in [5.41, 5.74) is 0. The Kier molecular flexibility index (Phi) is 62.9. The largest absolute Gasteiger partial charge is 0.466 e. The standard InChI is InChI=1S/C68H133NO5/c1-3-5-7-9-11-13-15-17-19-21-23-24-25-26-27-28-32-36-40-44-48-52-56-60-66(71)65(64-70)69-67(72)61-57-53-49-45-41-37-33-30-31-35-39-43-47-51-55-59-63-74-68(73)62-58-54-50-46-42-38-34-29-22-20-18-16-14-12-10-8-6-4-2/h56,60,65-66,70-71H,3-55,57-59,61-64H2,1-2H3,(H,69,72)/b60-56+. The molecule has 0 aliphatic heterocycles. The van der Waals surface area contributed by atoms with E-state index >= 15 is 0 Å². The molecule has 0 fully saturated rings. The summed E-state index contributed by atoms with van der Waals surface area (Å²) < 4.78 is 5.50.